The first kappa shape index (κ1) is 29.5. The highest BCUT2D eigenvalue weighted by Crippen LogP contribution is 2.26. The number of aliphatic carboxylic acids is 2. The fraction of sp³-hybridized carbons (Fsp3) is 0.500. The normalized spacial score (nSPS) is 11.9. The Labute approximate surface area is 218 Å². The highest BCUT2D eigenvalue weighted by atomic mass is 35.5. The van der Waals surface area contributed by atoms with Crippen molar-refractivity contribution in [2.45, 2.75) is 64.8 Å². The highest BCUT2D eigenvalue weighted by molar-refractivity contribution is 6.32. The summed E-state index contributed by atoms with van der Waals surface area (Å²) in [7, 11) is 0. The van der Waals surface area contributed by atoms with E-state index in [9.17, 15) is 9.59 Å². The van der Waals surface area contributed by atoms with Crippen LogP contribution in [0.5, 0.6) is 11.5 Å². The second-order valence-corrected chi connectivity index (χ2v) is 9.18. The summed E-state index contributed by atoms with van der Waals surface area (Å²) < 4.78 is 11.3. The van der Waals surface area contributed by atoms with Gasteiger partial charge in [0.2, 0.25) is 0 Å². The maximum Gasteiger partial charge on any atom is 0.317 e. The van der Waals surface area contributed by atoms with Crippen LogP contribution in [0.3, 0.4) is 0 Å². The molecule has 0 spiro atoms. The van der Waals surface area contributed by atoms with Crippen LogP contribution in [0.25, 0.3) is 0 Å². The smallest absolute Gasteiger partial charge is 0.317 e. The van der Waals surface area contributed by atoms with Crippen molar-refractivity contribution in [3.05, 3.63) is 58.6 Å². The number of ether oxygens (including phenoxy) is 2. The van der Waals surface area contributed by atoms with Gasteiger partial charge in [-0.3, -0.25) is 9.59 Å². The van der Waals surface area contributed by atoms with E-state index in [2.05, 4.69) is 11.4 Å². The Kier molecular flexibility index (Phi) is 13.1. The molecule has 3 N–H and O–H groups in total. The fourth-order valence-corrected chi connectivity index (χ4v) is 4.19. The van der Waals surface area contributed by atoms with E-state index in [0.29, 0.717) is 31.2 Å². The lowest BCUT2D eigenvalue weighted by atomic mass is 9.98. The number of rotatable bonds is 18. The molecule has 0 bridgehead atoms. The van der Waals surface area contributed by atoms with Crippen molar-refractivity contribution in [2.24, 2.45) is 5.92 Å². The summed E-state index contributed by atoms with van der Waals surface area (Å²) in [5.74, 6) is -2.41. The molecule has 0 aromatic heterocycles. The van der Waals surface area contributed by atoms with Gasteiger partial charge >= 0.3 is 11.9 Å². The molecule has 7 nitrogen and oxygen atoms in total. The zero-order valence-corrected chi connectivity index (χ0v) is 21.9. The summed E-state index contributed by atoms with van der Waals surface area (Å²) in [6, 6.07) is 13.8. The minimum absolute atomic E-state index is 0.0713. The molecule has 0 aliphatic heterocycles. The van der Waals surface area contributed by atoms with Crippen LogP contribution < -0.4 is 14.8 Å². The molecule has 0 fully saturated rings. The fourth-order valence-electron chi connectivity index (χ4n) is 3.93. The summed E-state index contributed by atoms with van der Waals surface area (Å²) in [4.78, 5) is 22.2. The van der Waals surface area contributed by atoms with Crippen LogP contribution in [0.1, 0.15) is 57.1 Å². The van der Waals surface area contributed by atoms with Crippen molar-refractivity contribution in [3.8, 4) is 11.5 Å². The molecule has 0 saturated heterocycles. The summed E-state index contributed by atoms with van der Waals surface area (Å²) in [5, 5.41) is 22.1. The van der Waals surface area contributed by atoms with Gasteiger partial charge in [0.1, 0.15) is 11.5 Å². The largest absolute Gasteiger partial charge is 0.494 e. The third kappa shape index (κ3) is 10.5. The molecule has 36 heavy (non-hydrogen) atoms. The first-order chi connectivity index (χ1) is 17.3. The van der Waals surface area contributed by atoms with Gasteiger partial charge in [-0.05, 0) is 93.8 Å². The van der Waals surface area contributed by atoms with Crippen LogP contribution in [0.15, 0.2) is 42.5 Å². The number of carboxylic acids is 2. The van der Waals surface area contributed by atoms with Gasteiger partial charge < -0.3 is 25.0 Å². The molecule has 1 unspecified atom stereocenters. The molecule has 1 atom stereocenters. The van der Waals surface area contributed by atoms with Gasteiger partial charge in [-0.15, -0.1) is 0 Å². The molecule has 2 aromatic carbocycles. The molecule has 0 aliphatic rings. The second kappa shape index (κ2) is 16.1. The minimum Gasteiger partial charge on any atom is -0.494 e. The van der Waals surface area contributed by atoms with Crippen molar-refractivity contribution in [3.63, 3.8) is 0 Å². The zero-order valence-electron chi connectivity index (χ0n) is 21.2. The van der Waals surface area contributed by atoms with Gasteiger partial charge in [-0.25, -0.2) is 0 Å². The predicted octanol–water partition coefficient (Wildman–Crippen LogP) is 5.62. The Morgan fingerprint density at radius 3 is 2.22 bits per heavy atom. The van der Waals surface area contributed by atoms with E-state index in [0.717, 1.165) is 49.2 Å². The maximum absolute atomic E-state index is 11.1. The van der Waals surface area contributed by atoms with Gasteiger partial charge in [0.25, 0.3) is 0 Å². The molecule has 0 saturated carbocycles. The lowest BCUT2D eigenvalue weighted by molar-refractivity contribution is -0.155. The first-order valence-corrected chi connectivity index (χ1v) is 13.0. The highest BCUT2D eigenvalue weighted by Gasteiger charge is 2.28. The Morgan fingerprint density at radius 2 is 1.61 bits per heavy atom. The topological polar surface area (TPSA) is 105 Å². The standard InChI is InChI=1S/C28H38ClNO6/c1-3-22(19-24(27(31)32)28(33)34)30-16-15-20-9-12-23(13-10-20)36-17-7-5-6-8-21-11-14-26(35-4-2)25(29)18-21/h9-14,18,22,24,30H,3-8,15-17,19H2,1-2H3,(H,31,32)(H,33,34). The Balaban J connectivity index is 1.63. The number of hydrogen-bond acceptors (Lipinski definition) is 5. The molecular formula is C28H38ClNO6. The number of unbranched alkanes of at least 4 members (excludes halogenated alkanes) is 2. The van der Waals surface area contributed by atoms with E-state index in [1.807, 2.05) is 50.2 Å². The van der Waals surface area contributed by atoms with Gasteiger partial charge in [-0.2, -0.15) is 0 Å². The summed E-state index contributed by atoms with van der Waals surface area (Å²) in [6.45, 7) is 5.77. The number of benzene rings is 2. The summed E-state index contributed by atoms with van der Waals surface area (Å²) >= 11 is 6.25. The molecule has 2 rings (SSSR count). The average molecular weight is 520 g/mol. The number of halogens is 1. The van der Waals surface area contributed by atoms with Crippen molar-refractivity contribution in [1.82, 2.24) is 5.32 Å². The van der Waals surface area contributed by atoms with E-state index in [-0.39, 0.29) is 12.5 Å². The average Bonchev–Trinajstić information content (AvgIpc) is 2.85. The molecular weight excluding hydrogens is 482 g/mol. The van der Waals surface area contributed by atoms with Crippen LogP contribution in [-0.4, -0.2) is 48.0 Å². The quantitative estimate of drug-likeness (QED) is 0.173. The Morgan fingerprint density at radius 1 is 0.917 bits per heavy atom. The third-order valence-electron chi connectivity index (χ3n) is 6.05. The molecule has 0 amide bonds. The first-order valence-electron chi connectivity index (χ1n) is 12.7. The Hall–Kier alpha value is -2.77. The number of carboxylic acid groups (broad SMARTS) is 2. The van der Waals surface area contributed by atoms with Crippen molar-refractivity contribution in [1.29, 1.82) is 0 Å². The lowest BCUT2D eigenvalue weighted by Gasteiger charge is -2.19. The molecule has 0 radical (unpaired) electrons. The van der Waals surface area contributed by atoms with E-state index < -0.39 is 17.9 Å². The van der Waals surface area contributed by atoms with E-state index in [1.54, 1.807) is 0 Å². The van der Waals surface area contributed by atoms with Crippen LogP contribution >= 0.6 is 11.6 Å². The van der Waals surface area contributed by atoms with Crippen LogP contribution in [0.4, 0.5) is 0 Å². The Bertz CT molecular complexity index is 936. The third-order valence-corrected chi connectivity index (χ3v) is 6.35. The lowest BCUT2D eigenvalue weighted by Crippen LogP contribution is -2.36. The molecule has 198 valence electrons. The van der Waals surface area contributed by atoms with Crippen LogP contribution in [-0.2, 0) is 22.4 Å². The molecule has 2 aromatic rings. The molecule has 0 aliphatic carbocycles. The summed E-state index contributed by atoms with van der Waals surface area (Å²) in [5.41, 5.74) is 2.34. The van der Waals surface area contributed by atoms with Crippen molar-refractivity contribution < 1.29 is 29.3 Å². The van der Waals surface area contributed by atoms with Gasteiger partial charge in [-0.1, -0.05) is 36.7 Å². The minimum atomic E-state index is -1.38. The van der Waals surface area contributed by atoms with Gasteiger partial charge in [0.05, 0.1) is 18.2 Å². The van der Waals surface area contributed by atoms with Gasteiger partial charge in [0.15, 0.2) is 5.92 Å². The SMILES string of the molecule is CCOc1ccc(CCCCCOc2ccc(CCNC(CC)CC(C(=O)O)C(=O)O)cc2)cc1Cl. The van der Waals surface area contributed by atoms with Gasteiger partial charge in [0, 0.05) is 6.04 Å². The number of nitrogens with one attached hydrogen (secondary N) is 1. The summed E-state index contributed by atoms with van der Waals surface area (Å²) in [6.07, 6.45) is 5.58. The second-order valence-electron chi connectivity index (χ2n) is 8.77. The van der Waals surface area contributed by atoms with Crippen LogP contribution in [0, 0.1) is 5.92 Å². The van der Waals surface area contributed by atoms with Crippen molar-refractivity contribution in [2.75, 3.05) is 19.8 Å². The van der Waals surface area contributed by atoms with E-state index >= 15 is 0 Å². The van der Waals surface area contributed by atoms with E-state index in [4.69, 9.17) is 31.3 Å². The molecule has 8 heteroatoms. The molecule has 0 heterocycles. The van der Waals surface area contributed by atoms with E-state index in [1.165, 1.54) is 5.56 Å². The number of carbonyl (C=O) groups is 2. The van der Waals surface area contributed by atoms with Crippen LogP contribution in [0.2, 0.25) is 5.02 Å². The number of aryl methyl sites for hydroxylation is 1. The monoisotopic (exact) mass is 519 g/mol. The van der Waals surface area contributed by atoms with Crippen molar-refractivity contribution >= 4 is 23.5 Å². The predicted molar refractivity (Wildman–Crippen MR) is 141 cm³/mol. The zero-order chi connectivity index (χ0) is 26.3. The number of hydrogen-bond donors (Lipinski definition) is 3. The maximum atomic E-state index is 11.1.